The van der Waals surface area contributed by atoms with Crippen LogP contribution in [0, 0.1) is 13.8 Å². The van der Waals surface area contributed by atoms with Crippen molar-refractivity contribution >= 4 is 24.2 Å². The van der Waals surface area contributed by atoms with Crippen molar-refractivity contribution in [1.29, 1.82) is 0 Å². The van der Waals surface area contributed by atoms with Crippen LogP contribution >= 0.6 is 24.2 Å². The Labute approximate surface area is 123 Å². The number of nitrogens with zero attached hydrogens (tertiary/aromatic N) is 2. The van der Waals surface area contributed by atoms with Gasteiger partial charge in [-0.05, 0) is 25.0 Å². The first-order chi connectivity index (χ1) is 8.69. The Morgan fingerprint density at radius 3 is 2.79 bits per heavy atom. The second kappa shape index (κ2) is 7.53. The Morgan fingerprint density at radius 2 is 2.05 bits per heavy atom. The van der Waals surface area contributed by atoms with E-state index in [0.717, 1.165) is 5.75 Å². The molecule has 0 saturated carbocycles. The number of hydrogen-bond donors (Lipinski definition) is 1. The van der Waals surface area contributed by atoms with Gasteiger partial charge in [-0.1, -0.05) is 35.5 Å². The number of rotatable bonds is 5. The van der Waals surface area contributed by atoms with Gasteiger partial charge in [0.1, 0.15) is 0 Å². The maximum Gasteiger partial charge on any atom is 0.276 e. The van der Waals surface area contributed by atoms with Gasteiger partial charge < -0.3 is 10.2 Å². The van der Waals surface area contributed by atoms with Crippen molar-refractivity contribution in [3.05, 3.63) is 40.8 Å². The zero-order chi connectivity index (χ0) is 13.0. The lowest BCUT2D eigenvalue weighted by Crippen LogP contribution is -2.02. The molecule has 1 heterocycles. The van der Waals surface area contributed by atoms with Crippen LogP contribution in [0.2, 0.25) is 0 Å². The summed E-state index contributed by atoms with van der Waals surface area (Å²) in [5.41, 5.74) is 9.30. The SMILES string of the molecule is Cc1ccc(C)c(CSc2nnc(CCN)o2)c1.Cl. The molecule has 1 aromatic carbocycles. The molecule has 6 heteroatoms. The molecule has 2 aromatic rings. The normalized spacial score (nSPS) is 10.3. The van der Waals surface area contributed by atoms with E-state index in [-0.39, 0.29) is 12.4 Å². The second-order valence-corrected chi connectivity index (χ2v) is 5.15. The second-order valence-electron chi connectivity index (χ2n) is 4.22. The van der Waals surface area contributed by atoms with Crippen LogP contribution < -0.4 is 5.73 Å². The lowest BCUT2D eigenvalue weighted by atomic mass is 10.1. The minimum Gasteiger partial charge on any atom is -0.416 e. The summed E-state index contributed by atoms with van der Waals surface area (Å²) in [6, 6.07) is 6.45. The molecule has 0 spiro atoms. The standard InChI is InChI=1S/C13H17N3OS.ClH/c1-9-3-4-10(2)11(7-9)8-18-13-16-15-12(17-13)5-6-14;/h3-4,7H,5-6,8,14H2,1-2H3;1H. The van der Waals surface area contributed by atoms with Crippen molar-refractivity contribution in [3.63, 3.8) is 0 Å². The van der Waals surface area contributed by atoms with E-state index in [9.17, 15) is 0 Å². The summed E-state index contributed by atoms with van der Waals surface area (Å²) < 4.78 is 5.48. The number of hydrogen-bond acceptors (Lipinski definition) is 5. The molecule has 0 aliphatic carbocycles. The van der Waals surface area contributed by atoms with E-state index in [1.807, 2.05) is 0 Å². The van der Waals surface area contributed by atoms with Gasteiger partial charge in [0.2, 0.25) is 5.89 Å². The first kappa shape index (κ1) is 16.0. The molecule has 0 amide bonds. The minimum absolute atomic E-state index is 0. The average molecular weight is 300 g/mol. The van der Waals surface area contributed by atoms with Crippen LogP contribution in [0.1, 0.15) is 22.6 Å². The molecule has 19 heavy (non-hydrogen) atoms. The first-order valence-corrected chi connectivity index (χ1v) is 6.89. The molecule has 0 fully saturated rings. The Morgan fingerprint density at radius 1 is 1.26 bits per heavy atom. The van der Waals surface area contributed by atoms with Crippen LogP contribution in [0.25, 0.3) is 0 Å². The highest BCUT2D eigenvalue weighted by Gasteiger charge is 2.07. The number of benzene rings is 1. The minimum atomic E-state index is 0. The van der Waals surface area contributed by atoms with Crippen molar-refractivity contribution < 1.29 is 4.42 Å². The Kier molecular flexibility index (Phi) is 6.34. The predicted octanol–water partition coefficient (Wildman–Crippen LogP) is 2.90. The number of aromatic nitrogens is 2. The van der Waals surface area contributed by atoms with Crippen LogP contribution in [-0.2, 0) is 12.2 Å². The fourth-order valence-electron chi connectivity index (χ4n) is 1.62. The highest BCUT2D eigenvalue weighted by molar-refractivity contribution is 7.98. The smallest absolute Gasteiger partial charge is 0.276 e. The molecule has 0 bridgehead atoms. The zero-order valence-corrected chi connectivity index (χ0v) is 12.7. The van der Waals surface area contributed by atoms with E-state index in [1.54, 1.807) is 11.8 Å². The number of thioether (sulfide) groups is 1. The molecular weight excluding hydrogens is 282 g/mol. The Bertz CT molecular complexity index is 530. The highest BCUT2D eigenvalue weighted by Crippen LogP contribution is 2.23. The van der Waals surface area contributed by atoms with Crippen LogP contribution in [0.5, 0.6) is 0 Å². The van der Waals surface area contributed by atoms with Crippen LogP contribution in [-0.4, -0.2) is 16.7 Å². The molecule has 0 atom stereocenters. The van der Waals surface area contributed by atoms with E-state index < -0.39 is 0 Å². The van der Waals surface area contributed by atoms with Crippen molar-refractivity contribution in [2.45, 2.75) is 31.2 Å². The summed E-state index contributed by atoms with van der Waals surface area (Å²) in [4.78, 5) is 0. The summed E-state index contributed by atoms with van der Waals surface area (Å²) in [5, 5.41) is 8.54. The van der Waals surface area contributed by atoms with E-state index in [1.165, 1.54) is 16.7 Å². The van der Waals surface area contributed by atoms with E-state index in [0.29, 0.717) is 24.1 Å². The molecule has 0 saturated heterocycles. The monoisotopic (exact) mass is 299 g/mol. The van der Waals surface area contributed by atoms with Gasteiger partial charge in [-0.15, -0.1) is 22.6 Å². The first-order valence-electron chi connectivity index (χ1n) is 5.90. The fourth-order valence-corrected chi connectivity index (χ4v) is 2.46. The fraction of sp³-hybridized carbons (Fsp3) is 0.385. The molecule has 4 nitrogen and oxygen atoms in total. The van der Waals surface area contributed by atoms with Gasteiger partial charge >= 0.3 is 0 Å². The van der Waals surface area contributed by atoms with Crippen LogP contribution in [0.4, 0.5) is 0 Å². The summed E-state index contributed by atoms with van der Waals surface area (Å²) in [5.74, 6) is 1.46. The maximum absolute atomic E-state index is 5.48. The van der Waals surface area contributed by atoms with Gasteiger partial charge in [-0.3, -0.25) is 0 Å². The van der Waals surface area contributed by atoms with Crippen molar-refractivity contribution in [2.24, 2.45) is 5.73 Å². The lowest BCUT2D eigenvalue weighted by molar-refractivity contribution is 0.414. The van der Waals surface area contributed by atoms with E-state index >= 15 is 0 Å². The Balaban J connectivity index is 0.00000180. The third kappa shape index (κ3) is 4.53. The Hall–Kier alpha value is -1.04. The van der Waals surface area contributed by atoms with E-state index in [2.05, 4.69) is 42.2 Å². The van der Waals surface area contributed by atoms with Crippen molar-refractivity contribution in [1.82, 2.24) is 10.2 Å². The van der Waals surface area contributed by atoms with Crippen LogP contribution in [0.15, 0.2) is 27.8 Å². The topological polar surface area (TPSA) is 64.9 Å². The van der Waals surface area contributed by atoms with E-state index in [4.69, 9.17) is 10.2 Å². The molecule has 0 aliphatic rings. The quantitative estimate of drug-likeness (QED) is 0.860. The molecule has 0 unspecified atom stereocenters. The summed E-state index contributed by atoms with van der Waals surface area (Å²) in [7, 11) is 0. The third-order valence-electron chi connectivity index (χ3n) is 2.66. The molecule has 0 radical (unpaired) electrons. The van der Waals surface area contributed by atoms with Crippen LogP contribution in [0.3, 0.4) is 0 Å². The van der Waals surface area contributed by atoms with Gasteiger partial charge in [-0.2, -0.15) is 0 Å². The molecule has 2 N–H and O–H groups in total. The maximum atomic E-state index is 5.48. The molecule has 0 aliphatic heterocycles. The van der Waals surface area contributed by atoms with Gasteiger partial charge in [0.15, 0.2) is 0 Å². The van der Waals surface area contributed by atoms with Crippen molar-refractivity contribution in [2.75, 3.05) is 6.54 Å². The number of halogens is 1. The summed E-state index contributed by atoms with van der Waals surface area (Å²) in [6.07, 6.45) is 0.636. The molecule has 1 aromatic heterocycles. The van der Waals surface area contributed by atoms with Gasteiger partial charge in [0, 0.05) is 18.7 Å². The summed E-state index contributed by atoms with van der Waals surface area (Å²) in [6.45, 7) is 4.74. The van der Waals surface area contributed by atoms with Crippen molar-refractivity contribution in [3.8, 4) is 0 Å². The predicted molar refractivity (Wildman–Crippen MR) is 79.8 cm³/mol. The lowest BCUT2D eigenvalue weighted by Gasteiger charge is -2.04. The van der Waals surface area contributed by atoms with Gasteiger partial charge in [0.05, 0.1) is 0 Å². The third-order valence-corrected chi connectivity index (χ3v) is 3.53. The zero-order valence-electron chi connectivity index (χ0n) is 11.0. The average Bonchev–Trinajstić information content (AvgIpc) is 2.79. The molecule has 104 valence electrons. The van der Waals surface area contributed by atoms with Gasteiger partial charge in [-0.25, -0.2) is 0 Å². The van der Waals surface area contributed by atoms with Gasteiger partial charge in [0.25, 0.3) is 5.22 Å². The summed E-state index contributed by atoms with van der Waals surface area (Å²) >= 11 is 1.56. The number of nitrogens with two attached hydrogens (primary N) is 1. The molecular formula is C13H18ClN3OS. The molecule has 2 rings (SSSR count). The number of aryl methyl sites for hydroxylation is 2. The highest BCUT2D eigenvalue weighted by atomic mass is 35.5. The largest absolute Gasteiger partial charge is 0.416 e.